The molecule has 0 aromatic rings. The average molecular weight is 361 g/mol. The van der Waals surface area contributed by atoms with Crippen molar-refractivity contribution in [2.75, 3.05) is 6.61 Å². The standard InChI is InChI=1S/C7H3F12NO2/c8-2(1-21,3(9,10)11)20-4(12,13)6(16,17)22-7(18,19)5(20,14)15/h21H,1H2. The van der Waals surface area contributed by atoms with E-state index in [0.29, 0.717) is 0 Å². The van der Waals surface area contributed by atoms with E-state index in [1.54, 1.807) is 0 Å². The molecule has 0 radical (unpaired) electrons. The van der Waals surface area contributed by atoms with Crippen LogP contribution in [-0.4, -0.2) is 52.9 Å². The van der Waals surface area contributed by atoms with Gasteiger partial charge >= 0.3 is 30.5 Å². The molecule has 0 amide bonds. The van der Waals surface area contributed by atoms with Gasteiger partial charge in [-0.1, -0.05) is 0 Å². The summed E-state index contributed by atoms with van der Waals surface area (Å²) in [5.41, 5.74) is 0. The highest BCUT2D eigenvalue weighted by Crippen LogP contribution is 2.60. The highest BCUT2D eigenvalue weighted by Gasteiger charge is 2.89. The number of hydrogen-bond donors (Lipinski definition) is 1. The Kier molecular flexibility index (Phi) is 3.93. The third-order valence-electron chi connectivity index (χ3n) is 2.52. The van der Waals surface area contributed by atoms with Gasteiger partial charge in [-0.25, -0.2) is 9.13 Å². The quantitative estimate of drug-likeness (QED) is 0.607. The van der Waals surface area contributed by atoms with Crippen LogP contribution in [0.25, 0.3) is 0 Å². The SMILES string of the molecule is OCC(F)(N1C(F)(F)C(F)(F)OC(F)(F)C1(F)F)C(F)(F)F. The van der Waals surface area contributed by atoms with E-state index in [2.05, 4.69) is 0 Å². The van der Waals surface area contributed by atoms with Crippen molar-refractivity contribution in [3.63, 3.8) is 0 Å². The first-order valence-corrected chi connectivity index (χ1v) is 4.77. The van der Waals surface area contributed by atoms with Crippen LogP contribution >= 0.6 is 0 Å². The van der Waals surface area contributed by atoms with Crippen molar-refractivity contribution in [1.82, 2.24) is 4.90 Å². The summed E-state index contributed by atoms with van der Waals surface area (Å²) >= 11 is 0. The predicted octanol–water partition coefficient (Wildman–Crippen LogP) is 2.91. The molecular formula is C7H3F12NO2. The third-order valence-corrected chi connectivity index (χ3v) is 2.52. The molecular weight excluding hydrogens is 358 g/mol. The summed E-state index contributed by atoms with van der Waals surface area (Å²) in [4.78, 5) is -3.43. The lowest BCUT2D eigenvalue weighted by atomic mass is 10.1. The van der Waals surface area contributed by atoms with Crippen molar-refractivity contribution < 1.29 is 62.5 Å². The largest absolute Gasteiger partial charge is 0.439 e. The molecule has 132 valence electrons. The summed E-state index contributed by atoms with van der Waals surface area (Å²) in [5.74, 6) is -6.32. The molecule has 1 unspecified atom stereocenters. The predicted molar refractivity (Wildman–Crippen MR) is 39.7 cm³/mol. The summed E-state index contributed by atoms with van der Waals surface area (Å²) < 4.78 is 155. The van der Waals surface area contributed by atoms with Gasteiger partial charge in [-0.2, -0.15) is 48.3 Å². The van der Waals surface area contributed by atoms with Crippen LogP contribution in [-0.2, 0) is 4.74 Å². The van der Waals surface area contributed by atoms with Gasteiger partial charge in [0.15, 0.2) is 0 Å². The molecule has 1 atom stereocenters. The third kappa shape index (κ3) is 2.20. The summed E-state index contributed by atoms with van der Waals surface area (Å²) in [6.07, 6.45) is -20.1. The van der Waals surface area contributed by atoms with E-state index < -0.39 is 47.8 Å². The van der Waals surface area contributed by atoms with E-state index in [9.17, 15) is 52.7 Å². The van der Waals surface area contributed by atoms with Crippen LogP contribution in [0.2, 0.25) is 0 Å². The van der Waals surface area contributed by atoms with E-state index >= 15 is 0 Å². The summed E-state index contributed by atoms with van der Waals surface area (Å²) in [7, 11) is 0. The number of hydrogen-bond acceptors (Lipinski definition) is 3. The number of halogens is 12. The average Bonchev–Trinajstić information content (AvgIpc) is 2.23. The van der Waals surface area contributed by atoms with E-state index in [1.165, 1.54) is 0 Å². The molecule has 1 heterocycles. The van der Waals surface area contributed by atoms with Gasteiger partial charge < -0.3 is 5.11 Å². The van der Waals surface area contributed by atoms with Crippen molar-refractivity contribution in [1.29, 1.82) is 0 Å². The Morgan fingerprint density at radius 2 is 1.09 bits per heavy atom. The van der Waals surface area contributed by atoms with Crippen LogP contribution < -0.4 is 0 Å². The fraction of sp³-hybridized carbons (Fsp3) is 1.00. The molecule has 0 saturated carbocycles. The minimum atomic E-state index is -6.88. The highest BCUT2D eigenvalue weighted by molar-refractivity contribution is 5.03. The summed E-state index contributed by atoms with van der Waals surface area (Å²) in [5, 5.41) is 8.14. The molecule has 0 aromatic carbocycles. The van der Waals surface area contributed by atoms with Gasteiger partial charge in [0.25, 0.3) is 5.79 Å². The zero-order valence-electron chi connectivity index (χ0n) is 9.55. The lowest BCUT2D eigenvalue weighted by Gasteiger charge is -2.51. The fourth-order valence-corrected chi connectivity index (χ4v) is 1.45. The number of aliphatic hydroxyl groups is 1. The van der Waals surface area contributed by atoms with Crippen LogP contribution in [0.5, 0.6) is 0 Å². The smallest absolute Gasteiger partial charge is 0.391 e. The van der Waals surface area contributed by atoms with Crippen molar-refractivity contribution in [3.05, 3.63) is 0 Å². The molecule has 1 saturated heterocycles. The second-order valence-electron chi connectivity index (χ2n) is 3.97. The van der Waals surface area contributed by atoms with Crippen molar-refractivity contribution in [2.45, 2.75) is 36.3 Å². The van der Waals surface area contributed by atoms with Gasteiger partial charge in [-0.15, -0.1) is 4.90 Å². The second-order valence-corrected chi connectivity index (χ2v) is 3.97. The summed E-state index contributed by atoms with van der Waals surface area (Å²) in [6.45, 7) is -3.30. The van der Waals surface area contributed by atoms with E-state index in [0.717, 1.165) is 0 Å². The van der Waals surface area contributed by atoms with Crippen LogP contribution in [0.1, 0.15) is 0 Å². The Balaban J connectivity index is 3.70. The van der Waals surface area contributed by atoms with Gasteiger partial charge in [-0.05, 0) is 0 Å². The molecule has 1 N–H and O–H groups in total. The molecule has 0 aromatic heterocycles. The molecule has 22 heavy (non-hydrogen) atoms. The van der Waals surface area contributed by atoms with Crippen LogP contribution in [0.3, 0.4) is 0 Å². The molecule has 1 rings (SSSR count). The zero-order valence-corrected chi connectivity index (χ0v) is 9.55. The first-order chi connectivity index (χ1) is 9.38. The van der Waals surface area contributed by atoms with Crippen LogP contribution in [0.4, 0.5) is 52.7 Å². The number of nitrogens with zero attached hydrogens (tertiary/aromatic N) is 1. The van der Waals surface area contributed by atoms with Crippen LogP contribution in [0, 0.1) is 0 Å². The van der Waals surface area contributed by atoms with E-state index in [1.807, 2.05) is 4.74 Å². The zero-order chi connectivity index (χ0) is 18.0. The van der Waals surface area contributed by atoms with Gasteiger partial charge in [0.1, 0.15) is 6.61 Å². The van der Waals surface area contributed by atoms with Crippen molar-refractivity contribution in [2.24, 2.45) is 0 Å². The Morgan fingerprint density at radius 3 is 1.32 bits per heavy atom. The molecule has 1 aliphatic heterocycles. The topological polar surface area (TPSA) is 32.7 Å². The van der Waals surface area contributed by atoms with Gasteiger partial charge in [0.05, 0.1) is 0 Å². The molecule has 15 heteroatoms. The Bertz CT molecular complexity index is 421. The Morgan fingerprint density at radius 1 is 0.773 bits per heavy atom. The second kappa shape index (κ2) is 4.53. The first kappa shape index (κ1) is 19.1. The molecule has 0 bridgehead atoms. The molecule has 0 aliphatic carbocycles. The lowest BCUT2D eigenvalue weighted by Crippen LogP contribution is -2.81. The monoisotopic (exact) mass is 361 g/mol. The number of alkyl halides is 12. The molecule has 0 spiro atoms. The highest BCUT2D eigenvalue weighted by atomic mass is 19.4. The molecule has 3 nitrogen and oxygen atoms in total. The Hall–Kier alpha value is -0.960. The van der Waals surface area contributed by atoms with Gasteiger partial charge in [0.2, 0.25) is 0 Å². The first-order valence-electron chi connectivity index (χ1n) is 4.77. The normalized spacial score (nSPS) is 29.9. The summed E-state index contributed by atoms with van der Waals surface area (Å²) in [6, 6.07) is -13.8. The Labute approximate surface area is 112 Å². The van der Waals surface area contributed by atoms with Crippen molar-refractivity contribution >= 4 is 0 Å². The maximum absolute atomic E-state index is 13.5. The maximum atomic E-state index is 13.5. The lowest BCUT2D eigenvalue weighted by molar-refractivity contribution is -0.588. The number of rotatable bonds is 2. The minimum absolute atomic E-state index is 1.85. The van der Waals surface area contributed by atoms with E-state index in [4.69, 9.17) is 5.11 Å². The minimum Gasteiger partial charge on any atom is -0.391 e. The number of ether oxygens (including phenoxy) is 1. The number of morpholine rings is 1. The molecule has 1 fully saturated rings. The van der Waals surface area contributed by atoms with E-state index in [-0.39, 0.29) is 0 Å². The fourth-order valence-electron chi connectivity index (χ4n) is 1.45. The maximum Gasteiger partial charge on any atom is 0.439 e. The molecule has 1 aliphatic rings. The van der Waals surface area contributed by atoms with Crippen LogP contribution in [0.15, 0.2) is 0 Å². The number of aliphatic hydroxyl groups excluding tert-OH is 1. The van der Waals surface area contributed by atoms with Gasteiger partial charge in [-0.3, -0.25) is 0 Å². The van der Waals surface area contributed by atoms with Gasteiger partial charge in [0, 0.05) is 0 Å². The van der Waals surface area contributed by atoms with Crippen molar-refractivity contribution in [3.8, 4) is 0 Å².